The first-order valence-corrected chi connectivity index (χ1v) is 27.8. The van der Waals surface area contributed by atoms with Crippen LogP contribution in [0.2, 0.25) is 0 Å². The smallest absolute Gasteiger partial charge is 0.264 e. The topological polar surface area (TPSA) is 241 Å². The number of nitrogens with zero attached hydrogens (tertiary/aromatic N) is 5. The summed E-state index contributed by atoms with van der Waals surface area (Å²) >= 11 is 0. The molecular formula is C60H73N9O12. The third kappa shape index (κ3) is 18.3. The SMILES string of the molecule is Cc1ccc(NC(=O)c2ccc(CN3CCN(CCCCCCOCCOCCOCCOCCOCCOCC(=O)Nc4cccc5c4C(=O)N(C4CCC(=O)NC4=O)C5=O)CC3)cc2)cc1Nc1nccc(-c2ccccc2)n1. The molecule has 1 unspecified atom stereocenters. The van der Waals surface area contributed by atoms with E-state index in [1.54, 1.807) is 6.20 Å². The van der Waals surface area contributed by atoms with Crippen LogP contribution < -0.4 is 21.3 Å². The van der Waals surface area contributed by atoms with Crippen LogP contribution >= 0.6 is 0 Å². The number of hydrogen-bond acceptors (Lipinski definition) is 17. The number of hydrogen-bond donors (Lipinski definition) is 4. The van der Waals surface area contributed by atoms with Gasteiger partial charge in [-0.1, -0.05) is 67.4 Å². The number of rotatable bonds is 33. The lowest BCUT2D eigenvalue weighted by Crippen LogP contribution is -2.54. The Balaban J connectivity index is 0.561. The Labute approximate surface area is 472 Å². The number of aromatic nitrogens is 2. The van der Waals surface area contributed by atoms with E-state index in [-0.39, 0.29) is 55.4 Å². The number of nitrogens with one attached hydrogen (secondary N) is 4. The van der Waals surface area contributed by atoms with Crippen molar-refractivity contribution in [2.45, 2.75) is 58.0 Å². The molecular weight excluding hydrogens is 1040 g/mol. The van der Waals surface area contributed by atoms with Crippen LogP contribution in [-0.4, -0.2) is 178 Å². The number of ether oxygens (including phenoxy) is 6. The first kappa shape index (κ1) is 59.8. The van der Waals surface area contributed by atoms with Crippen LogP contribution in [0.25, 0.3) is 11.3 Å². The van der Waals surface area contributed by atoms with Gasteiger partial charge in [0.25, 0.3) is 17.7 Å². The maximum atomic E-state index is 13.3. The van der Waals surface area contributed by atoms with Gasteiger partial charge < -0.3 is 49.3 Å². The number of carbonyl (C=O) groups excluding carboxylic acids is 6. The summed E-state index contributed by atoms with van der Waals surface area (Å²) in [6.07, 6.45) is 6.31. The van der Waals surface area contributed by atoms with Crippen LogP contribution in [0.3, 0.4) is 0 Å². The minimum absolute atomic E-state index is 0.00717. The predicted molar refractivity (Wildman–Crippen MR) is 303 cm³/mol. The van der Waals surface area contributed by atoms with Crippen LogP contribution in [0.1, 0.15) is 80.7 Å². The van der Waals surface area contributed by atoms with Crippen molar-refractivity contribution in [2.24, 2.45) is 0 Å². The van der Waals surface area contributed by atoms with Crippen molar-refractivity contribution in [2.75, 3.05) is 128 Å². The second kappa shape index (κ2) is 31.6. The highest BCUT2D eigenvalue weighted by Gasteiger charge is 2.45. The van der Waals surface area contributed by atoms with E-state index in [9.17, 15) is 28.8 Å². The Bertz CT molecular complexity index is 2890. The number of imide groups is 2. The normalized spacial score (nSPS) is 15.7. The monoisotopic (exact) mass is 1110 g/mol. The molecule has 4 heterocycles. The summed E-state index contributed by atoms with van der Waals surface area (Å²) in [5.41, 5.74) is 6.32. The molecule has 3 aliphatic rings. The van der Waals surface area contributed by atoms with Gasteiger partial charge >= 0.3 is 0 Å². The van der Waals surface area contributed by atoms with Crippen LogP contribution in [0.4, 0.5) is 23.0 Å². The highest BCUT2D eigenvalue weighted by atomic mass is 16.6. The molecule has 21 heteroatoms. The molecule has 3 aliphatic heterocycles. The molecule has 0 aliphatic carbocycles. The number of piperidine rings is 1. The maximum absolute atomic E-state index is 13.3. The summed E-state index contributed by atoms with van der Waals surface area (Å²) < 4.78 is 33.4. The van der Waals surface area contributed by atoms with E-state index in [0.29, 0.717) is 70.1 Å². The molecule has 0 spiro atoms. The quantitative estimate of drug-likeness (QED) is 0.0267. The molecule has 2 saturated heterocycles. The lowest BCUT2D eigenvalue weighted by atomic mass is 10.0. The number of anilines is 4. The van der Waals surface area contributed by atoms with Gasteiger partial charge in [0.1, 0.15) is 12.6 Å². The zero-order valence-corrected chi connectivity index (χ0v) is 46.0. The van der Waals surface area contributed by atoms with E-state index in [0.717, 1.165) is 86.1 Å². The number of piperazine rings is 1. The Kier molecular flexibility index (Phi) is 23.3. The van der Waals surface area contributed by atoms with Crippen LogP contribution in [-0.2, 0) is 49.3 Å². The average Bonchev–Trinajstić information content (AvgIpc) is 3.60. The summed E-state index contributed by atoms with van der Waals surface area (Å²) in [6.45, 7) is 12.4. The van der Waals surface area contributed by atoms with E-state index >= 15 is 0 Å². The third-order valence-corrected chi connectivity index (χ3v) is 13.9. The summed E-state index contributed by atoms with van der Waals surface area (Å²) in [5, 5.41) is 11.1. The molecule has 5 aromatic rings. The molecule has 2 fully saturated rings. The zero-order chi connectivity index (χ0) is 56.6. The molecule has 6 amide bonds. The van der Waals surface area contributed by atoms with Gasteiger partial charge in [-0.05, 0) is 86.3 Å². The summed E-state index contributed by atoms with van der Waals surface area (Å²) in [7, 11) is 0. The molecule has 1 atom stereocenters. The number of fused-ring (bicyclic) bond motifs is 1. The standard InChI is InChI=1S/C60H73N9O12/c1-43-14-19-47(40-51(43)65-60-61-23-22-49(64-60)45-10-5-4-6-11-45)62-56(72)46-17-15-44(16-18-46)41-68-27-25-67(26-28-68)24-7-2-3-8-29-76-30-31-77-32-33-78-34-35-79-36-37-80-38-39-81-42-54(71)63-50-13-9-12-48-55(50)59(75)69(58(48)74)52-20-21-53(70)66-57(52)73/h4-6,9-19,22-23,40,52H,2-3,7-8,20-21,24-39,41-42H2,1H3,(H,62,72)(H,63,71)(H,61,64,65)(H,66,70,73). The van der Waals surface area contributed by atoms with E-state index < -0.39 is 35.6 Å². The molecule has 0 saturated carbocycles. The zero-order valence-electron chi connectivity index (χ0n) is 46.0. The number of aryl methyl sites for hydroxylation is 1. The summed E-state index contributed by atoms with van der Waals surface area (Å²) in [6, 6.07) is 28.9. The van der Waals surface area contributed by atoms with Gasteiger partial charge in [-0.2, -0.15) is 0 Å². The van der Waals surface area contributed by atoms with Gasteiger partial charge in [0.05, 0.1) is 88.6 Å². The first-order chi connectivity index (χ1) is 39.6. The lowest BCUT2D eigenvalue weighted by Gasteiger charge is -2.34. The molecule has 8 rings (SSSR count). The lowest BCUT2D eigenvalue weighted by molar-refractivity contribution is -0.136. The van der Waals surface area contributed by atoms with Crippen LogP contribution in [0.15, 0.2) is 103 Å². The first-order valence-electron chi connectivity index (χ1n) is 27.8. The van der Waals surface area contributed by atoms with Crippen molar-refractivity contribution < 1.29 is 57.2 Å². The van der Waals surface area contributed by atoms with Gasteiger partial charge in [-0.25, -0.2) is 9.97 Å². The van der Waals surface area contributed by atoms with Crippen molar-refractivity contribution in [1.29, 1.82) is 0 Å². The minimum Gasteiger partial charge on any atom is -0.379 e. The third-order valence-electron chi connectivity index (χ3n) is 13.9. The number of benzene rings is 4. The fourth-order valence-corrected chi connectivity index (χ4v) is 9.50. The Hall–Kier alpha value is -7.34. The van der Waals surface area contributed by atoms with Gasteiger partial charge in [-0.3, -0.25) is 43.9 Å². The van der Waals surface area contributed by atoms with E-state index in [1.165, 1.54) is 36.6 Å². The average molecular weight is 1110 g/mol. The van der Waals surface area contributed by atoms with Crippen LogP contribution in [0, 0.1) is 6.92 Å². The van der Waals surface area contributed by atoms with Gasteiger partial charge in [-0.15, -0.1) is 0 Å². The summed E-state index contributed by atoms with van der Waals surface area (Å²) in [4.78, 5) is 91.0. The van der Waals surface area contributed by atoms with E-state index in [4.69, 9.17) is 28.4 Å². The second-order valence-electron chi connectivity index (χ2n) is 19.8. The van der Waals surface area contributed by atoms with Gasteiger partial charge in [0.2, 0.25) is 23.7 Å². The van der Waals surface area contributed by atoms with E-state index in [2.05, 4.69) is 53.2 Å². The molecule has 4 N–H and O–H groups in total. The van der Waals surface area contributed by atoms with Gasteiger partial charge in [0, 0.05) is 74.5 Å². The molecule has 81 heavy (non-hydrogen) atoms. The van der Waals surface area contributed by atoms with E-state index in [1.807, 2.05) is 73.7 Å². The highest BCUT2D eigenvalue weighted by Crippen LogP contribution is 2.33. The van der Waals surface area contributed by atoms with Crippen LogP contribution in [0.5, 0.6) is 0 Å². The molecule has 0 bridgehead atoms. The Morgan fingerprint density at radius 2 is 1.30 bits per heavy atom. The second-order valence-corrected chi connectivity index (χ2v) is 19.8. The molecule has 4 aromatic carbocycles. The molecule has 1 aromatic heterocycles. The number of carbonyl (C=O) groups is 6. The number of unbranched alkanes of at least 4 members (excludes halogenated alkanes) is 3. The van der Waals surface area contributed by atoms with Crippen molar-refractivity contribution in [3.8, 4) is 11.3 Å². The Morgan fingerprint density at radius 3 is 1.99 bits per heavy atom. The molecule has 0 radical (unpaired) electrons. The fraction of sp³-hybridized carbons (Fsp3) is 0.433. The minimum atomic E-state index is -1.11. The maximum Gasteiger partial charge on any atom is 0.264 e. The largest absolute Gasteiger partial charge is 0.379 e. The number of amides is 6. The van der Waals surface area contributed by atoms with Crippen molar-refractivity contribution in [3.05, 3.63) is 131 Å². The van der Waals surface area contributed by atoms with Gasteiger partial charge in [0.15, 0.2) is 0 Å². The van der Waals surface area contributed by atoms with Crippen molar-refractivity contribution >= 4 is 58.5 Å². The Morgan fingerprint density at radius 1 is 0.642 bits per heavy atom. The predicted octanol–water partition coefficient (Wildman–Crippen LogP) is 6.27. The molecule has 21 nitrogen and oxygen atoms in total. The summed E-state index contributed by atoms with van der Waals surface area (Å²) in [5.74, 6) is -2.76. The molecule has 430 valence electrons. The highest BCUT2D eigenvalue weighted by molar-refractivity contribution is 6.26. The van der Waals surface area contributed by atoms with Crippen molar-refractivity contribution in [3.63, 3.8) is 0 Å². The fourth-order valence-electron chi connectivity index (χ4n) is 9.50. The van der Waals surface area contributed by atoms with Crippen molar-refractivity contribution in [1.82, 2.24) is 30.0 Å².